The van der Waals surface area contributed by atoms with Crippen molar-refractivity contribution in [1.29, 1.82) is 0 Å². The summed E-state index contributed by atoms with van der Waals surface area (Å²) in [7, 11) is 0. The Balaban J connectivity index is 1.42. The van der Waals surface area contributed by atoms with Crippen molar-refractivity contribution >= 4 is 11.8 Å². The molecule has 164 valence electrons. The van der Waals surface area contributed by atoms with Gasteiger partial charge in [-0.3, -0.25) is 19.4 Å². The molecule has 6 nitrogen and oxygen atoms in total. The van der Waals surface area contributed by atoms with E-state index in [4.69, 9.17) is 0 Å². The summed E-state index contributed by atoms with van der Waals surface area (Å²) in [6, 6.07) is 21.3. The maximum absolute atomic E-state index is 13.0. The van der Waals surface area contributed by atoms with Crippen molar-refractivity contribution in [2.45, 2.75) is 25.4 Å². The number of nitrogens with zero attached hydrogens (tertiary/aromatic N) is 3. The summed E-state index contributed by atoms with van der Waals surface area (Å²) in [5.41, 5.74) is 1.89. The monoisotopic (exact) mass is 420 g/mol. The van der Waals surface area contributed by atoms with E-state index >= 15 is 0 Å². The van der Waals surface area contributed by atoms with E-state index in [1.165, 1.54) is 11.1 Å². The average Bonchev–Trinajstić information content (AvgIpc) is 2.79. The van der Waals surface area contributed by atoms with Crippen LogP contribution in [0.1, 0.15) is 31.0 Å². The lowest BCUT2D eigenvalue weighted by atomic mass is 9.96. The molecule has 2 saturated heterocycles. The van der Waals surface area contributed by atoms with Gasteiger partial charge in [0.05, 0.1) is 18.1 Å². The van der Waals surface area contributed by atoms with E-state index in [1.807, 2.05) is 35.8 Å². The Morgan fingerprint density at radius 1 is 0.903 bits per heavy atom. The molecule has 31 heavy (non-hydrogen) atoms. The molecule has 0 radical (unpaired) electrons. The third-order valence-electron chi connectivity index (χ3n) is 6.60. The molecular weight excluding hydrogens is 388 g/mol. The highest BCUT2D eigenvalue weighted by Gasteiger charge is 2.39. The van der Waals surface area contributed by atoms with Gasteiger partial charge in [-0.25, -0.2) is 0 Å². The van der Waals surface area contributed by atoms with Gasteiger partial charge in [0.1, 0.15) is 0 Å². The first-order chi connectivity index (χ1) is 15.0. The highest BCUT2D eigenvalue weighted by Crippen LogP contribution is 2.29. The maximum atomic E-state index is 13.0. The summed E-state index contributed by atoms with van der Waals surface area (Å²) in [6.45, 7) is 8.42. The molecule has 6 heteroatoms. The van der Waals surface area contributed by atoms with Crippen LogP contribution in [0.5, 0.6) is 0 Å². The normalized spacial score (nSPS) is 20.0. The van der Waals surface area contributed by atoms with E-state index in [0.717, 1.165) is 13.1 Å². The predicted octanol–water partition coefficient (Wildman–Crippen LogP) is 2.13. The van der Waals surface area contributed by atoms with Gasteiger partial charge in [-0.15, -0.1) is 0 Å². The third kappa shape index (κ3) is 4.65. The van der Waals surface area contributed by atoms with E-state index in [2.05, 4.69) is 58.7 Å². The largest absolute Gasteiger partial charge is 0.353 e. The number of piperazine rings is 2. The fourth-order valence-corrected chi connectivity index (χ4v) is 4.60. The van der Waals surface area contributed by atoms with Crippen LogP contribution in [0.4, 0.5) is 0 Å². The lowest BCUT2D eigenvalue weighted by molar-refractivity contribution is -0.142. The number of rotatable bonds is 5. The minimum absolute atomic E-state index is 0.00932. The Kier molecular flexibility index (Phi) is 6.39. The van der Waals surface area contributed by atoms with Crippen LogP contribution >= 0.6 is 0 Å². The summed E-state index contributed by atoms with van der Waals surface area (Å²) in [5, 5.41) is 2.89. The first-order valence-corrected chi connectivity index (χ1v) is 11.1. The zero-order valence-electron chi connectivity index (χ0n) is 18.5. The van der Waals surface area contributed by atoms with Crippen LogP contribution in [-0.4, -0.2) is 77.9 Å². The minimum atomic E-state index is -0.651. The Hall–Kier alpha value is -2.70. The molecular formula is C25H32N4O2. The molecule has 0 spiro atoms. The molecule has 2 fully saturated rings. The fraction of sp³-hybridized carbons (Fsp3) is 0.440. The number of benzene rings is 2. The molecule has 0 bridgehead atoms. The topological polar surface area (TPSA) is 55.9 Å². The number of nitrogens with one attached hydrogen (secondary N) is 1. The molecule has 0 unspecified atom stereocenters. The van der Waals surface area contributed by atoms with Gasteiger partial charge in [0, 0.05) is 39.3 Å². The van der Waals surface area contributed by atoms with Crippen LogP contribution in [0.3, 0.4) is 0 Å². The van der Waals surface area contributed by atoms with Gasteiger partial charge in [-0.2, -0.15) is 0 Å². The zero-order valence-corrected chi connectivity index (χ0v) is 18.5. The average molecular weight is 421 g/mol. The van der Waals surface area contributed by atoms with Gasteiger partial charge in [-0.05, 0) is 25.0 Å². The fourth-order valence-electron chi connectivity index (χ4n) is 4.60. The highest BCUT2D eigenvalue weighted by atomic mass is 16.2. The Morgan fingerprint density at radius 2 is 1.45 bits per heavy atom. The SMILES string of the molecule is CC1(C)C(=O)NCCN1CC(=O)N1CCN(C(c2ccccc2)c2ccccc2)CC1. The first-order valence-electron chi connectivity index (χ1n) is 11.1. The van der Waals surface area contributed by atoms with Crippen LogP contribution in [0.2, 0.25) is 0 Å². The number of carbonyl (C=O) groups is 2. The van der Waals surface area contributed by atoms with Crippen molar-refractivity contribution in [3.05, 3.63) is 71.8 Å². The third-order valence-corrected chi connectivity index (χ3v) is 6.60. The molecule has 2 aliphatic heterocycles. The van der Waals surface area contributed by atoms with Gasteiger partial charge in [0.25, 0.3) is 0 Å². The zero-order chi connectivity index (χ0) is 21.8. The Bertz CT molecular complexity index is 853. The quantitative estimate of drug-likeness (QED) is 0.805. The highest BCUT2D eigenvalue weighted by molar-refractivity contribution is 5.87. The standard InChI is InChI=1S/C25H32N4O2/c1-25(2)24(31)26-13-14-29(25)19-22(30)27-15-17-28(18-16-27)23(20-9-5-3-6-10-20)21-11-7-4-8-12-21/h3-12,23H,13-19H2,1-2H3,(H,26,31). The van der Waals surface area contributed by atoms with E-state index in [1.54, 1.807) is 0 Å². The van der Waals surface area contributed by atoms with Gasteiger partial charge < -0.3 is 10.2 Å². The summed E-state index contributed by atoms with van der Waals surface area (Å²) >= 11 is 0. The minimum Gasteiger partial charge on any atom is -0.353 e. The molecule has 0 saturated carbocycles. The molecule has 0 aliphatic carbocycles. The van der Waals surface area contributed by atoms with Gasteiger partial charge in [-0.1, -0.05) is 60.7 Å². The summed E-state index contributed by atoms with van der Waals surface area (Å²) in [5.74, 6) is 0.100. The summed E-state index contributed by atoms with van der Waals surface area (Å²) < 4.78 is 0. The van der Waals surface area contributed by atoms with Gasteiger partial charge >= 0.3 is 0 Å². The molecule has 0 aromatic heterocycles. The molecule has 2 aromatic carbocycles. The van der Waals surface area contributed by atoms with Gasteiger partial charge in [0.2, 0.25) is 11.8 Å². The number of hydrogen-bond acceptors (Lipinski definition) is 4. The smallest absolute Gasteiger partial charge is 0.240 e. The summed E-state index contributed by atoms with van der Waals surface area (Å²) in [6.07, 6.45) is 0. The second-order valence-electron chi connectivity index (χ2n) is 8.88. The maximum Gasteiger partial charge on any atom is 0.240 e. The Labute approximate surface area is 184 Å². The van der Waals surface area contributed by atoms with Crippen LogP contribution in [0.15, 0.2) is 60.7 Å². The van der Waals surface area contributed by atoms with E-state index in [0.29, 0.717) is 32.7 Å². The lowest BCUT2D eigenvalue weighted by Gasteiger charge is -2.43. The van der Waals surface area contributed by atoms with Crippen molar-refractivity contribution < 1.29 is 9.59 Å². The molecule has 1 N–H and O–H groups in total. The van der Waals surface area contributed by atoms with E-state index in [9.17, 15) is 9.59 Å². The van der Waals surface area contributed by atoms with Crippen molar-refractivity contribution in [3.8, 4) is 0 Å². The number of hydrogen-bond donors (Lipinski definition) is 1. The van der Waals surface area contributed by atoms with E-state index in [-0.39, 0.29) is 17.9 Å². The van der Waals surface area contributed by atoms with E-state index < -0.39 is 5.54 Å². The van der Waals surface area contributed by atoms with Crippen molar-refractivity contribution in [3.63, 3.8) is 0 Å². The lowest BCUT2D eigenvalue weighted by Crippen LogP contribution is -2.64. The molecule has 2 amide bonds. The molecule has 0 atom stereocenters. The number of carbonyl (C=O) groups excluding carboxylic acids is 2. The predicted molar refractivity (Wildman–Crippen MR) is 122 cm³/mol. The molecule has 4 rings (SSSR count). The Morgan fingerprint density at radius 3 is 2.00 bits per heavy atom. The van der Waals surface area contributed by atoms with Crippen LogP contribution in [0.25, 0.3) is 0 Å². The molecule has 2 aliphatic rings. The van der Waals surface area contributed by atoms with Crippen LogP contribution in [0, 0.1) is 0 Å². The first kappa shape index (κ1) is 21.5. The van der Waals surface area contributed by atoms with Gasteiger partial charge in [0.15, 0.2) is 0 Å². The number of amides is 2. The molecule has 2 heterocycles. The van der Waals surface area contributed by atoms with Crippen molar-refractivity contribution in [2.75, 3.05) is 45.8 Å². The van der Waals surface area contributed by atoms with Crippen molar-refractivity contribution in [1.82, 2.24) is 20.0 Å². The van der Waals surface area contributed by atoms with Crippen LogP contribution < -0.4 is 5.32 Å². The molecule has 2 aromatic rings. The van der Waals surface area contributed by atoms with Crippen molar-refractivity contribution in [2.24, 2.45) is 0 Å². The summed E-state index contributed by atoms with van der Waals surface area (Å²) in [4.78, 5) is 31.6. The second kappa shape index (κ2) is 9.20. The second-order valence-corrected chi connectivity index (χ2v) is 8.88. The van der Waals surface area contributed by atoms with Crippen LogP contribution in [-0.2, 0) is 9.59 Å².